The summed E-state index contributed by atoms with van der Waals surface area (Å²) in [6.07, 6.45) is 3.74. The Morgan fingerprint density at radius 2 is 2.11 bits per heavy atom. The van der Waals surface area contributed by atoms with Gasteiger partial charge in [0.25, 0.3) is 0 Å². The lowest BCUT2D eigenvalue weighted by molar-refractivity contribution is -0.0704. The maximum atomic E-state index is 6.21. The van der Waals surface area contributed by atoms with Crippen LogP contribution in [0.25, 0.3) is 0 Å². The maximum Gasteiger partial charge on any atom is 0.133 e. The molecule has 106 valence electrons. The van der Waals surface area contributed by atoms with Crippen molar-refractivity contribution in [3.05, 3.63) is 28.7 Å². The van der Waals surface area contributed by atoms with Gasteiger partial charge in [0, 0.05) is 17.9 Å². The first kappa shape index (κ1) is 14.9. The largest absolute Gasteiger partial charge is 0.489 e. The Morgan fingerprint density at radius 1 is 1.37 bits per heavy atom. The second kappa shape index (κ2) is 6.27. The van der Waals surface area contributed by atoms with Crippen molar-refractivity contribution in [3.63, 3.8) is 0 Å². The van der Waals surface area contributed by atoms with E-state index in [4.69, 9.17) is 4.74 Å². The summed E-state index contributed by atoms with van der Waals surface area (Å²) in [6.45, 7) is 7.91. The van der Waals surface area contributed by atoms with Gasteiger partial charge in [0.2, 0.25) is 0 Å². The molecule has 1 N–H and O–H groups in total. The summed E-state index contributed by atoms with van der Waals surface area (Å²) in [5.41, 5.74) is 0.241. The molecule has 0 radical (unpaired) electrons. The van der Waals surface area contributed by atoms with Crippen LogP contribution in [0.1, 0.15) is 40.0 Å². The van der Waals surface area contributed by atoms with Crippen LogP contribution in [0.2, 0.25) is 0 Å². The van der Waals surface area contributed by atoms with E-state index in [1.54, 1.807) is 0 Å². The van der Waals surface area contributed by atoms with E-state index < -0.39 is 0 Å². The molecule has 0 aromatic heterocycles. The SMILES string of the molecule is CCCNC1CC(Oc2ccccc2Br)C1(C)CC. The van der Waals surface area contributed by atoms with Crippen LogP contribution in [0.15, 0.2) is 28.7 Å². The number of nitrogens with one attached hydrogen (secondary N) is 1. The number of para-hydroxylation sites is 1. The van der Waals surface area contributed by atoms with E-state index in [0.717, 1.165) is 29.6 Å². The minimum atomic E-state index is 0.241. The fourth-order valence-electron chi connectivity index (χ4n) is 2.80. The third-order valence-electron chi connectivity index (χ3n) is 4.49. The van der Waals surface area contributed by atoms with Crippen LogP contribution >= 0.6 is 15.9 Å². The molecule has 2 rings (SSSR count). The predicted octanol–water partition coefficient (Wildman–Crippen LogP) is 4.38. The van der Waals surface area contributed by atoms with E-state index >= 15 is 0 Å². The molecule has 1 saturated carbocycles. The molecule has 0 bridgehead atoms. The van der Waals surface area contributed by atoms with Gasteiger partial charge in [-0.15, -0.1) is 0 Å². The highest BCUT2D eigenvalue weighted by molar-refractivity contribution is 9.10. The highest BCUT2D eigenvalue weighted by Crippen LogP contribution is 2.46. The van der Waals surface area contributed by atoms with Gasteiger partial charge < -0.3 is 10.1 Å². The van der Waals surface area contributed by atoms with Gasteiger partial charge >= 0.3 is 0 Å². The highest BCUT2D eigenvalue weighted by Gasteiger charge is 2.51. The molecule has 3 heteroatoms. The second-order valence-electron chi connectivity index (χ2n) is 5.64. The molecule has 2 nitrogen and oxygen atoms in total. The molecule has 0 amide bonds. The monoisotopic (exact) mass is 325 g/mol. The Bertz CT molecular complexity index is 423. The van der Waals surface area contributed by atoms with Crippen molar-refractivity contribution < 1.29 is 4.74 Å². The highest BCUT2D eigenvalue weighted by atomic mass is 79.9. The van der Waals surface area contributed by atoms with Crippen molar-refractivity contribution in [3.8, 4) is 5.75 Å². The van der Waals surface area contributed by atoms with Crippen LogP contribution in [0, 0.1) is 5.41 Å². The lowest BCUT2D eigenvalue weighted by Crippen LogP contribution is -2.63. The van der Waals surface area contributed by atoms with Crippen LogP contribution in [0.4, 0.5) is 0 Å². The maximum absolute atomic E-state index is 6.21. The zero-order valence-corrected chi connectivity index (χ0v) is 13.7. The van der Waals surface area contributed by atoms with Gasteiger partial charge in [-0.3, -0.25) is 0 Å². The van der Waals surface area contributed by atoms with Crippen LogP contribution in [0.3, 0.4) is 0 Å². The van der Waals surface area contributed by atoms with Crippen molar-refractivity contribution >= 4 is 15.9 Å². The summed E-state index contributed by atoms with van der Waals surface area (Å²) in [5, 5.41) is 3.65. The number of hydrogen-bond donors (Lipinski definition) is 1. The van der Waals surface area contributed by atoms with Crippen molar-refractivity contribution in [2.45, 2.75) is 52.2 Å². The average molecular weight is 326 g/mol. The molecule has 1 aliphatic rings. The van der Waals surface area contributed by atoms with Crippen molar-refractivity contribution in [2.24, 2.45) is 5.41 Å². The van der Waals surface area contributed by atoms with E-state index in [9.17, 15) is 0 Å². The zero-order chi connectivity index (χ0) is 13.9. The van der Waals surface area contributed by atoms with E-state index in [2.05, 4.69) is 42.0 Å². The van der Waals surface area contributed by atoms with Gasteiger partial charge in [-0.05, 0) is 47.4 Å². The Kier molecular flexibility index (Phi) is 4.91. The lowest BCUT2D eigenvalue weighted by Gasteiger charge is -2.53. The summed E-state index contributed by atoms with van der Waals surface area (Å²) >= 11 is 3.55. The Balaban J connectivity index is 2.01. The quantitative estimate of drug-likeness (QED) is 0.837. The standard InChI is InChI=1S/C16H24BrNO/c1-4-10-18-14-11-15(16(14,3)5-2)19-13-9-7-6-8-12(13)17/h6-9,14-15,18H,4-5,10-11H2,1-3H3. The van der Waals surface area contributed by atoms with Crippen LogP contribution in [-0.2, 0) is 0 Å². The number of halogens is 1. The smallest absolute Gasteiger partial charge is 0.133 e. The van der Waals surface area contributed by atoms with Crippen LogP contribution < -0.4 is 10.1 Å². The molecule has 0 spiro atoms. The molecule has 1 aromatic rings. The van der Waals surface area contributed by atoms with Gasteiger partial charge in [0.15, 0.2) is 0 Å². The fraction of sp³-hybridized carbons (Fsp3) is 0.625. The van der Waals surface area contributed by atoms with E-state index in [1.807, 2.05) is 24.3 Å². The average Bonchev–Trinajstić information content (AvgIpc) is 2.42. The van der Waals surface area contributed by atoms with Gasteiger partial charge in [-0.1, -0.05) is 32.9 Å². The van der Waals surface area contributed by atoms with E-state index in [1.165, 1.54) is 6.42 Å². The minimum absolute atomic E-state index is 0.241. The molecule has 1 aliphatic carbocycles. The third-order valence-corrected chi connectivity index (χ3v) is 5.14. The molecule has 19 heavy (non-hydrogen) atoms. The summed E-state index contributed by atoms with van der Waals surface area (Å²) in [7, 11) is 0. The summed E-state index contributed by atoms with van der Waals surface area (Å²) in [5.74, 6) is 0.959. The van der Waals surface area contributed by atoms with Gasteiger partial charge in [0.1, 0.15) is 11.9 Å². The number of hydrogen-bond acceptors (Lipinski definition) is 2. The fourth-order valence-corrected chi connectivity index (χ4v) is 3.18. The minimum Gasteiger partial charge on any atom is -0.489 e. The van der Waals surface area contributed by atoms with E-state index in [-0.39, 0.29) is 5.41 Å². The summed E-state index contributed by atoms with van der Waals surface area (Å²) in [4.78, 5) is 0. The number of ether oxygens (including phenoxy) is 1. The molecule has 3 unspecified atom stereocenters. The normalized spacial score (nSPS) is 29.9. The molecular weight excluding hydrogens is 302 g/mol. The first-order valence-electron chi connectivity index (χ1n) is 7.26. The number of rotatable bonds is 6. The molecule has 1 fully saturated rings. The summed E-state index contributed by atoms with van der Waals surface area (Å²) in [6, 6.07) is 8.69. The van der Waals surface area contributed by atoms with Gasteiger partial charge in [0.05, 0.1) is 4.47 Å². The summed E-state index contributed by atoms with van der Waals surface area (Å²) < 4.78 is 7.25. The first-order valence-corrected chi connectivity index (χ1v) is 8.05. The van der Waals surface area contributed by atoms with E-state index in [0.29, 0.717) is 12.1 Å². The zero-order valence-electron chi connectivity index (χ0n) is 12.1. The van der Waals surface area contributed by atoms with Crippen LogP contribution in [0.5, 0.6) is 5.75 Å². The molecular formula is C16H24BrNO. The molecule has 0 heterocycles. The molecule has 3 atom stereocenters. The van der Waals surface area contributed by atoms with Gasteiger partial charge in [-0.2, -0.15) is 0 Å². The predicted molar refractivity (Wildman–Crippen MR) is 83.7 cm³/mol. The van der Waals surface area contributed by atoms with Crippen molar-refractivity contribution in [2.75, 3.05) is 6.54 Å². The Morgan fingerprint density at radius 3 is 2.74 bits per heavy atom. The second-order valence-corrected chi connectivity index (χ2v) is 6.49. The van der Waals surface area contributed by atoms with Gasteiger partial charge in [-0.25, -0.2) is 0 Å². The molecule has 0 saturated heterocycles. The van der Waals surface area contributed by atoms with Crippen LogP contribution in [-0.4, -0.2) is 18.7 Å². The van der Waals surface area contributed by atoms with Crippen molar-refractivity contribution in [1.29, 1.82) is 0 Å². The molecule has 0 aliphatic heterocycles. The Labute approximate surface area is 125 Å². The third kappa shape index (κ3) is 2.97. The molecule has 1 aromatic carbocycles. The Hall–Kier alpha value is -0.540. The lowest BCUT2D eigenvalue weighted by atomic mass is 9.61. The number of benzene rings is 1. The first-order chi connectivity index (χ1) is 9.11. The van der Waals surface area contributed by atoms with Crippen molar-refractivity contribution in [1.82, 2.24) is 5.32 Å². The topological polar surface area (TPSA) is 21.3 Å².